The molecule has 4 aromatic rings. The molecule has 33 heavy (non-hydrogen) atoms. The highest BCUT2D eigenvalue weighted by atomic mass is 16.5. The first-order chi connectivity index (χ1) is 15.8. The van der Waals surface area contributed by atoms with E-state index in [0.29, 0.717) is 11.4 Å². The fraction of sp³-hybridized carbons (Fsp3) is 0.269. The Kier molecular flexibility index (Phi) is 6.31. The van der Waals surface area contributed by atoms with Gasteiger partial charge in [0.2, 0.25) is 0 Å². The van der Waals surface area contributed by atoms with Crippen molar-refractivity contribution in [1.82, 2.24) is 14.8 Å². The van der Waals surface area contributed by atoms with Crippen molar-refractivity contribution in [3.63, 3.8) is 0 Å². The topological polar surface area (TPSA) is 89.0 Å². The van der Waals surface area contributed by atoms with Crippen LogP contribution in [0.2, 0.25) is 0 Å². The predicted octanol–water partition coefficient (Wildman–Crippen LogP) is 4.82. The van der Waals surface area contributed by atoms with Crippen molar-refractivity contribution in [2.45, 2.75) is 40.0 Å². The van der Waals surface area contributed by atoms with Crippen LogP contribution in [0.15, 0.2) is 54.6 Å². The SMILES string of the molecule is Cc1nn(-c2ccccc2)c(C)c1NC(=O)COC(=O)Cc1c(C(C)C)[nH]c2ccccc12. The summed E-state index contributed by atoms with van der Waals surface area (Å²) in [7, 11) is 0. The zero-order valence-electron chi connectivity index (χ0n) is 19.3. The van der Waals surface area contributed by atoms with Gasteiger partial charge in [0.25, 0.3) is 5.91 Å². The van der Waals surface area contributed by atoms with Gasteiger partial charge < -0.3 is 15.0 Å². The van der Waals surface area contributed by atoms with Gasteiger partial charge in [-0.25, -0.2) is 4.68 Å². The molecule has 2 aromatic carbocycles. The van der Waals surface area contributed by atoms with Gasteiger partial charge in [0, 0.05) is 16.6 Å². The van der Waals surface area contributed by atoms with Gasteiger partial charge in [0.15, 0.2) is 6.61 Å². The summed E-state index contributed by atoms with van der Waals surface area (Å²) in [5, 5.41) is 8.36. The van der Waals surface area contributed by atoms with Crippen molar-refractivity contribution in [3.8, 4) is 5.69 Å². The number of amides is 1. The van der Waals surface area contributed by atoms with Gasteiger partial charge in [0.1, 0.15) is 0 Å². The Hall–Kier alpha value is -3.87. The Morgan fingerprint density at radius 2 is 1.76 bits per heavy atom. The lowest BCUT2D eigenvalue weighted by Gasteiger charge is -2.10. The van der Waals surface area contributed by atoms with Gasteiger partial charge >= 0.3 is 5.97 Å². The third kappa shape index (κ3) is 4.67. The maximum absolute atomic E-state index is 12.6. The first-order valence-corrected chi connectivity index (χ1v) is 11.0. The van der Waals surface area contributed by atoms with Crippen molar-refractivity contribution in [3.05, 3.63) is 77.2 Å². The van der Waals surface area contributed by atoms with E-state index in [-0.39, 0.29) is 18.9 Å². The molecule has 2 aromatic heterocycles. The van der Waals surface area contributed by atoms with Crippen LogP contribution in [0.5, 0.6) is 0 Å². The van der Waals surface area contributed by atoms with Crippen LogP contribution >= 0.6 is 0 Å². The maximum Gasteiger partial charge on any atom is 0.310 e. The molecule has 7 nitrogen and oxygen atoms in total. The summed E-state index contributed by atoms with van der Waals surface area (Å²) in [6, 6.07) is 17.6. The van der Waals surface area contributed by atoms with Crippen molar-refractivity contribution in [1.29, 1.82) is 0 Å². The largest absolute Gasteiger partial charge is 0.455 e. The minimum absolute atomic E-state index is 0.106. The molecule has 0 spiro atoms. The van der Waals surface area contributed by atoms with E-state index in [1.807, 2.05) is 68.4 Å². The van der Waals surface area contributed by atoms with Crippen LogP contribution in [-0.4, -0.2) is 33.2 Å². The lowest BCUT2D eigenvalue weighted by atomic mass is 10.0. The molecule has 0 fully saturated rings. The molecule has 0 bridgehead atoms. The van der Waals surface area contributed by atoms with E-state index in [0.717, 1.165) is 33.5 Å². The van der Waals surface area contributed by atoms with Crippen molar-refractivity contribution in [2.24, 2.45) is 0 Å². The second-order valence-electron chi connectivity index (χ2n) is 8.40. The van der Waals surface area contributed by atoms with Crippen molar-refractivity contribution < 1.29 is 14.3 Å². The molecule has 0 aliphatic rings. The lowest BCUT2D eigenvalue weighted by Crippen LogP contribution is -2.22. The molecule has 7 heteroatoms. The van der Waals surface area contributed by atoms with E-state index < -0.39 is 11.9 Å². The molecular formula is C26H28N4O3. The van der Waals surface area contributed by atoms with Crippen LogP contribution in [0, 0.1) is 13.8 Å². The molecule has 2 N–H and O–H groups in total. The number of hydrogen-bond acceptors (Lipinski definition) is 4. The summed E-state index contributed by atoms with van der Waals surface area (Å²) in [6.07, 6.45) is 0.106. The number of aromatic amines is 1. The molecule has 0 aliphatic heterocycles. The highest BCUT2D eigenvalue weighted by molar-refractivity contribution is 5.94. The third-order valence-corrected chi connectivity index (χ3v) is 5.67. The molecule has 0 unspecified atom stereocenters. The summed E-state index contributed by atoms with van der Waals surface area (Å²) < 4.78 is 7.09. The summed E-state index contributed by atoms with van der Waals surface area (Å²) in [5.41, 5.74) is 5.95. The number of ether oxygens (including phenoxy) is 1. The second-order valence-corrected chi connectivity index (χ2v) is 8.40. The van der Waals surface area contributed by atoms with E-state index in [2.05, 4.69) is 29.2 Å². The van der Waals surface area contributed by atoms with Gasteiger partial charge in [-0.1, -0.05) is 50.2 Å². The molecule has 4 rings (SSSR count). The Bertz CT molecular complexity index is 1300. The first kappa shape index (κ1) is 22.3. The summed E-state index contributed by atoms with van der Waals surface area (Å²) in [5.74, 6) is -0.606. The Morgan fingerprint density at radius 3 is 2.48 bits per heavy atom. The summed E-state index contributed by atoms with van der Waals surface area (Å²) in [4.78, 5) is 28.5. The summed E-state index contributed by atoms with van der Waals surface area (Å²) >= 11 is 0. The van der Waals surface area contributed by atoms with Gasteiger partial charge in [-0.2, -0.15) is 5.10 Å². The van der Waals surface area contributed by atoms with Crippen LogP contribution in [0.3, 0.4) is 0 Å². The number of anilines is 1. The van der Waals surface area contributed by atoms with Gasteiger partial charge in [-0.05, 0) is 43.5 Å². The smallest absolute Gasteiger partial charge is 0.310 e. The fourth-order valence-corrected chi connectivity index (χ4v) is 4.07. The van der Waals surface area contributed by atoms with Gasteiger partial charge in [-0.15, -0.1) is 0 Å². The predicted molar refractivity (Wildman–Crippen MR) is 129 cm³/mol. The molecule has 0 aliphatic carbocycles. The number of para-hydroxylation sites is 2. The Morgan fingerprint density at radius 1 is 1.06 bits per heavy atom. The number of benzene rings is 2. The number of carbonyl (C=O) groups excluding carboxylic acids is 2. The molecule has 2 heterocycles. The number of H-pyrrole nitrogens is 1. The number of carbonyl (C=O) groups is 2. The maximum atomic E-state index is 12.6. The van der Waals surface area contributed by atoms with Crippen LogP contribution < -0.4 is 5.32 Å². The highest BCUT2D eigenvalue weighted by Gasteiger charge is 2.19. The Labute approximate surface area is 192 Å². The number of esters is 1. The summed E-state index contributed by atoms with van der Waals surface area (Å²) in [6.45, 7) is 7.52. The number of rotatable bonds is 7. The van der Waals surface area contributed by atoms with E-state index in [4.69, 9.17) is 4.74 Å². The fourth-order valence-electron chi connectivity index (χ4n) is 4.07. The average molecular weight is 445 g/mol. The number of fused-ring (bicyclic) bond motifs is 1. The van der Waals surface area contributed by atoms with Crippen molar-refractivity contribution in [2.75, 3.05) is 11.9 Å². The number of hydrogen-bond donors (Lipinski definition) is 2. The molecule has 0 saturated carbocycles. The molecular weight excluding hydrogens is 416 g/mol. The molecule has 0 atom stereocenters. The third-order valence-electron chi connectivity index (χ3n) is 5.67. The highest BCUT2D eigenvalue weighted by Crippen LogP contribution is 2.28. The van der Waals surface area contributed by atoms with Crippen LogP contribution in [-0.2, 0) is 20.7 Å². The zero-order chi connectivity index (χ0) is 23.5. The molecule has 0 saturated heterocycles. The monoisotopic (exact) mass is 444 g/mol. The molecule has 170 valence electrons. The molecule has 1 amide bonds. The number of aryl methyl sites for hydroxylation is 1. The lowest BCUT2D eigenvalue weighted by molar-refractivity contribution is -0.146. The quantitative estimate of drug-likeness (QED) is 0.400. The van der Waals surface area contributed by atoms with E-state index >= 15 is 0 Å². The molecule has 0 radical (unpaired) electrons. The van der Waals surface area contributed by atoms with E-state index in [1.54, 1.807) is 4.68 Å². The van der Waals surface area contributed by atoms with E-state index in [9.17, 15) is 9.59 Å². The van der Waals surface area contributed by atoms with Crippen molar-refractivity contribution >= 4 is 28.5 Å². The van der Waals surface area contributed by atoms with Crippen LogP contribution in [0.25, 0.3) is 16.6 Å². The van der Waals surface area contributed by atoms with Crippen LogP contribution in [0.4, 0.5) is 5.69 Å². The Balaban J connectivity index is 1.41. The van der Waals surface area contributed by atoms with Gasteiger partial charge in [-0.3, -0.25) is 9.59 Å². The first-order valence-electron chi connectivity index (χ1n) is 11.0. The second kappa shape index (κ2) is 9.32. The number of nitrogens with one attached hydrogen (secondary N) is 2. The zero-order valence-corrected chi connectivity index (χ0v) is 19.3. The standard InChI is InChI=1S/C26H28N4O3/c1-16(2)25-21(20-12-8-9-13-22(20)27-25)14-24(32)33-15-23(31)28-26-17(3)29-30(18(26)4)19-10-6-5-7-11-19/h5-13,16,27H,14-15H2,1-4H3,(H,28,31). The average Bonchev–Trinajstić information content (AvgIpc) is 3.31. The normalized spacial score (nSPS) is 11.2. The van der Waals surface area contributed by atoms with Gasteiger partial charge in [0.05, 0.1) is 29.2 Å². The van der Waals surface area contributed by atoms with E-state index in [1.165, 1.54) is 0 Å². The number of aromatic nitrogens is 3. The minimum atomic E-state index is -0.440. The number of nitrogens with zero attached hydrogens (tertiary/aromatic N) is 2. The van der Waals surface area contributed by atoms with Crippen LogP contribution in [0.1, 0.15) is 42.4 Å². The minimum Gasteiger partial charge on any atom is -0.455 e.